The number of nitrogens with zero attached hydrogens (tertiary/aromatic N) is 4. The molecule has 2 N–H and O–H groups in total. The molecular formula is C11H20N6. The van der Waals surface area contributed by atoms with Gasteiger partial charge in [-0.1, -0.05) is 6.92 Å². The van der Waals surface area contributed by atoms with E-state index in [9.17, 15) is 0 Å². The molecule has 3 aliphatic heterocycles. The van der Waals surface area contributed by atoms with Gasteiger partial charge in [0.15, 0.2) is 5.79 Å². The number of hydrogen-bond donors (Lipinski definition) is 2. The summed E-state index contributed by atoms with van der Waals surface area (Å²) in [4.78, 5) is 13.8. The highest BCUT2D eigenvalue weighted by Crippen LogP contribution is 2.24. The first-order chi connectivity index (χ1) is 8.21. The third-order valence-electron chi connectivity index (χ3n) is 3.21. The second-order valence-electron chi connectivity index (χ2n) is 4.91. The lowest BCUT2D eigenvalue weighted by Gasteiger charge is -2.35. The van der Waals surface area contributed by atoms with Crippen molar-refractivity contribution in [2.24, 2.45) is 9.98 Å². The molecule has 0 radical (unpaired) electrons. The third kappa shape index (κ3) is 2.22. The second-order valence-corrected chi connectivity index (χ2v) is 4.91. The number of hydrogen-bond acceptors (Lipinski definition) is 4. The first-order valence-electron chi connectivity index (χ1n) is 6.41. The molecule has 0 aromatic carbocycles. The van der Waals surface area contributed by atoms with E-state index in [1.807, 2.05) is 0 Å². The van der Waals surface area contributed by atoms with Crippen molar-refractivity contribution in [3.63, 3.8) is 0 Å². The molecule has 0 aromatic heterocycles. The topological polar surface area (TPSA) is 54.8 Å². The van der Waals surface area contributed by atoms with Crippen LogP contribution in [-0.2, 0) is 0 Å². The number of rotatable bonds is 3. The Kier molecular flexibility index (Phi) is 2.47. The Hall–Kier alpha value is -1.30. The fourth-order valence-corrected chi connectivity index (χ4v) is 1.97. The molecule has 0 aliphatic carbocycles. The first-order valence-corrected chi connectivity index (χ1v) is 6.41. The minimum Gasteiger partial charge on any atom is -0.339 e. The zero-order valence-electron chi connectivity index (χ0n) is 10.5. The van der Waals surface area contributed by atoms with Gasteiger partial charge < -0.3 is 10.2 Å². The normalized spacial score (nSPS) is 34.1. The van der Waals surface area contributed by atoms with Crippen LogP contribution < -0.4 is 10.6 Å². The number of guanidine groups is 2. The quantitative estimate of drug-likeness (QED) is 0.655. The Morgan fingerprint density at radius 2 is 2.12 bits per heavy atom. The molecule has 17 heavy (non-hydrogen) atoms. The van der Waals surface area contributed by atoms with Gasteiger partial charge >= 0.3 is 0 Å². The lowest BCUT2D eigenvalue weighted by molar-refractivity contribution is 0.232. The summed E-state index contributed by atoms with van der Waals surface area (Å²) >= 11 is 0. The first kappa shape index (κ1) is 10.8. The fraction of sp³-hybridized carbons (Fsp3) is 0.818. The van der Waals surface area contributed by atoms with Crippen LogP contribution in [0.1, 0.15) is 20.3 Å². The van der Waals surface area contributed by atoms with Gasteiger partial charge in [-0.3, -0.25) is 15.2 Å². The van der Waals surface area contributed by atoms with E-state index in [0.717, 1.165) is 51.1 Å². The predicted octanol–water partition coefficient (Wildman–Crippen LogP) is -0.394. The van der Waals surface area contributed by atoms with E-state index in [2.05, 4.69) is 39.3 Å². The molecule has 1 unspecified atom stereocenters. The molecule has 94 valence electrons. The zero-order valence-corrected chi connectivity index (χ0v) is 10.5. The van der Waals surface area contributed by atoms with Crippen molar-refractivity contribution in [2.75, 3.05) is 32.7 Å². The molecule has 2 fully saturated rings. The molecule has 0 bridgehead atoms. The van der Waals surface area contributed by atoms with Gasteiger partial charge in [0.25, 0.3) is 0 Å². The number of nitrogens with one attached hydrogen (secondary N) is 2. The van der Waals surface area contributed by atoms with Gasteiger partial charge in [0.05, 0.1) is 0 Å². The predicted molar refractivity (Wildman–Crippen MR) is 67.9 cm³/mol. The Balaban J connectivity index is 1.81. The minimum atomic E-state index is -0.310. The average molecular weight is 236 g/mol. The maximum Gasteiger partial charge on any atom is 0.204 e. The molecule has 1 atom stereocenters. The van der Waals surface area contributed by atoms with Crippen LogP contribution in [0.25, 0.3) is 0 Å². The lowest BCUT2D eigenvalue weighted by atomic mass is 10.3. The Labute approximate surface area is 102 Å². The Bertz CT molecular complexity index is 368. The van der Waals surface area contributed by atoms with Crippen molar-refractivity contribution in [1.82, 2.24) is 20.4 Å². The largest absolute Gasteiger partial charge is 0.339 e. The van der Waals surface area contributed by atoms with Gasteiger partial charge in [0.1, 0.15) is 0 Å². The van der Waals surface area contributed by atoms with Gasteiger partial charge in [0.2, 0.25) is 11.9 Å². The van der Waals surface area contributed by atoms with Crippen LogP contribution in [0.3, 0.4) is 0 Å². The summed E-state index contributed by atoms with van der Waals surface area (Å²) in [6, 6.07) is 0. The van der Waals surface area contributed by atoms with Crippen molar-refractivity contribution >= 4 is 11.9 Å². The van der Waals surface area contributed by atoms with E-state index < -0.39 is 0 Å². The molecule has 0 aromatic rings. The maximum atomic E-state index is 4.76. The van der Waals surface area contributed by atoms with Gasteiger partial charge in [0, 0.05) is 32.7 Å². The van der Waals surface area contributed by atoms with Crippen molar-refractivity contribution in [3.05, 3.63) is 0 Å². The zero-order chi connectivity index (χ0) is 11.9. The van der Waals surface area contributed by atoms with E-state index in [0.29, 0.717) is 0 Å². The molecule has 6 heteroatoms. The molecular weight excluding hydrogens is 216 g/mol. The van der Waals surface area contributed by atoms with Crippen LogP contribution >= 0.6 is 0 Å². The van der Waals surface area contributed by atoms with Crippen LogP contribution in [0.5, 0.6) is 0 Å². The summed E-state index contributed by atoms with van der Waals surface area (Å²) in [5.74, 6) is 1.52. The van der Waals surface area contributed by atoms with Crippen LogP contribution in [0, 0.1) is 0 Å². The molecule has 3 rings (SSSR count). The van der Waals surface area contributed by atoms with E-state index in [1.54, 1.807) is 0 Å². The summed E-state index contributed by atoms with van der Waals surface area (Å²) in [5.41, 5.74) is 0. The van der Waals surface area contributed by atoms with Crippen LogP contribution in [0.2, 0.25) is 0 Å². The van der Waals surface area contributed by atoms with E-state index in [1.165, 1.54) is 0 Å². The van der Waals surface area contributed by atoms with E-state index in [4.69, 9.17) is 4.99 Å². The van der Waals surface area contributed by atoms with Crippen LogP contribution in [-0.4, -0.2) is 60.2 Å². The fourth-order valence-electron chi connectivity index (χ4n) is 1.97. The highest BCUT2D eigenvalue weighted by atomic mass is 15.6. The maximum absolute atomic E-state index is 4.76. The summed E-state index contributed by atoms with van der Waals surface area (Å²) in [7, 11) is 0. The van der Waals surface area contributed by atoms with Gasteiger partial charge in [-0.2, -0.15) is 0 Å². The third-order valence-corrected chi connectivity index (χ3v) is 3.21. The monoisotopic (exact) mass is 236 g/mol. The average Bonchev–Trinajstić information content (AvgIpc) is 3.19. The minimum absolute atomic E-state index is 0.310. The van der Waals surface area contributed by atoms with Crippen LogP contribution in [0.15, 0.2) is 9.98 Å². The number of aliphatic imine (C=N–C) groups is 2. The molecule has 6 nitrogen and oxygen atoms in total. The lowest BCUT2D eigenvalue weighted by Crippen LogP contribution is -2.61. The van der Waals surface area contributed by atoms with Crippen molar-refractivity contribution in [1.29, 1.82) is 0 Å². The summed E-state index contributed by atoms with van der Waals surface area (Å²) in [6.45, 7) is 9.52. The standard InChI is InChI=1S/C11H20N6/c1-3-4-12-9-13-10(16-5-6-16)15-11(2,14-9)17-7-8-17/h3-8H2,1-2H3,(H2,12,13,14,15). The molecule has 2 saturated heterocycles. The summed E-state index contributed by atoms with van der Waals surface area (Å²) in [6.07, 6.45) is 1.06. The van der Waals surface area contributed by atoms with Crippen molar-refractivity contribution < 1.29 is 0 Å². The highest BCUT2D eigenvalue weighted by Gasteiger charge is 2.43. The molecule has 3 heterocycles. The Morgan fingerprint density at radius 1 is 1.35 bits per heavy atom. The highest BCUT2D eigenvalue weighted by molar-refractivity contribution is 6.01. The molecule has 0 spiro atoms. The second kappa shape index (κ2) is 3.87. The van der Waals surface area contributed by atoms with E-state index >= 15 is 0 Å². The SMILES string of the molecule is CCCN=C1NC(N2CC2)=NC(C)(N2CC2)N1. The summed E-state index contributed by atoms with van der Waals surface area (Å²) in [5, 5.41) is 6.67. The molecule has 3 aliphatic rings. The van der Waals surface area contributed by atoms with Gasteiger partial charge in [-0.25, -0.2) is 4.99 Å². The smallest absolute Gasteiger partial charge is 0.204 e. The van der Waals surface area contributed by atoms with Crippen LogP contribution in [0.4, 0.5) is 0 Å². The summed E-state index contributed by atoms with van der Waals surface area (Å²) < 4.78 is 0. The molecule has 0 saturated carbocycles. The Morgan fingerprint density at radius 3 is 2.71 bits per heavy atom. The van der Waals surface area contributed by atoms with Crippen molar-refractivity contribution in [2.45, 2.75) is 26.1 Å². The van der Waals surface area contributed by atoms with Gasteiger partial charge in [-0.15, -0.1) is 0 Å². The van der Waals surface area contributed by atoms with Gasteiger partial charge in [-0.05, 0) is 13.3 Å². The molecule has 0 amide bonds. The van der Waals surface area contributed by atoms with E-state index in [-0.39, 0.29) is 5.79 Å². The van der Waals surface area contributed by atoms with Crippen molar-refractivity contribution in [3.8, 4) is 0 Å².